The topological polar surface area (TPSA) is 55.4 Å². The molecule has 0 amide bonds. The van der Waals surface area contributed by atoms with Crippen molar-refractivity contribution in [3.05, 3.63) is 0 Å². The van der Waals surface area contributed by atoms with Gasteiger partial charge in [-0.05, 0) is 0 Å². The van der Waals surface area contributed by atoms with Crippen molar-refractivity contribution >= 4 is 12.3 Å². The smallest absolute Gasteiger partial charge is 0.314 e. The highest BCUT2D eigenvalue weighted by Gasteiger charge is 2.44. The number of aldehydes is 1. The first-order valence-corrected chi connectivity index (χ1v) is 3.48. The normalized spacial score (nSPS) is 20.1. The Morgan fingerprint density at radius 2 is 2.36 bits per heavy atom. The lowest BCUT2D eigenvalue weighted by Gasteiger charge is -2.38. The molecule has 62 valence electrons. The van der Waals surface area contributed by atoms with E-state index in [0.717, 1.165) is 6.29 Å². The molecule has 0 radical (unpaired) electrons. The van der Waals surface area contributed by atoms with Crippen LogP contribution in [0.5, 0.6) is 0 Å². The van der Waals surface area contributed by atoms with Gasteiger partial charge < -0.3 is 14.8 Å². The Kier molecular flexibility index (Phi) is 2.24. The SMILES string of the molecule is COC(=O)C1(CC=O)CNC1. The van der Waals surface area contributed by atoms with Gasteiger partial charge in [0.05, 0.1) is 12.5 Å². The van der Waals surface area contributed by atoms with Crippen molar-refractivity contribution in [2.45, 2.75) is 6.42 Å². The van der Waals surface area contributed by atoms with E-state index >= 15 is 0 Å². The number of ether oxygens (including phenoxy) is 1. The third-order valence-electron chi connectivity index (χ3n) is 2.02. The summed E-state index contributed by atoms with van der Waals surface area (Å²) in [5.41, 5.74) is -0.559. The van der Waals surface area contributed by atoms with Crippen LogP contribution in [0.15, 0.2) is 0 Å². The lowest BCUT2D eigenvalue weighted by Crippen LogP contribution is -2.58. The van der Waals surface area contributed by atoms with Crippen LogP contribution in [0.1, 0.15) is 6.42 Å². The van der Waals surface area contributed by atoms with Crippen molar-refractivity contribution in [1.82, 2.24) is 5.32 Å². The Hall–Kier alpha value is -0.900. The summed E-state index contributed by atoms with van der Waals surface area (Å²) in [6.07, 6.45) is 1.02. The second-order valence-corrected chi connectivity index (χ2v) is 2.75. The van der Waals surface area contributed by atoms with E-state index in [4.69, 9.17) is 0 Å². The van der Waals surface area contributed by atoms with Gasteiger partial charge in [0.1, 0.15) is 6.29 Å². The Labute approximate surface area is 64.9 Å². The second kappa shape index (κ2) is 3.00. The number of hydrogen-bond donors (Lipinski definition) is 1. The molecule has 0 spiro atoms. The molecule has 1 heterocycles. The highest BCUT2D eigenvalue weighted by atomic mass is 16.5. The molecular formula is C7H11NO3. The first-order chi connectivity index (χ1) is 5.25. The Morgan fingerprint density at radius 1 is 1.73 bits per heavy atom. The van der Waals surface area contributed by atoms with E-state index < -0.39 is 5.41 Å². The number of rotatable bonds is 3. The molecule has 4 nitrogen and oxygen atoms in total. The molecule has 11 heavy (non-hydrogen) atoms. The number of esters is 1. The number of methoxy groups -OCH3 is 1. The molecule has 0 aromatic carbocycles. The van der Waals surface area contributed by atoms with Gasteiger partial charge in [-0.1, -0.05) is 0 Å². The Bertz CT molecular complexity index is 175. The Morgan fingerprint density at radius 3 is 2.64 bits per heavy atom. The molecule has 0 aliphatic carbocycles. The average molecular weight is 157 g/mol. The summed E-state index contributed by atoms with van der Waals surface area (Å²) in [6, 6.07) is 0. The minimum absolute atomic E-state index is 0.257. The van der Waals surface area contributed by atoms with Gasteiger partial charge in [-0.3, -0.25) is 4.79 Å². The number of hydrogen-bond acceptors (Lipinski definition) is 4. The second-order valence-electron chi connectivity index (χ2n) is 2.75. The first kappa shape index (κ1) is 8.20. The van der Waals surface area contributed by atoms with Crippen molar-refractivity contribution < 1.29 is 14.3 Å². The summed E-state index contributed by atoms with van der Waals surface area (Å²) in [5.74, 6) is -0.289. The third kappa shape index (κ3) is 1.26. The van der Waals surface area contributed by atoms with E-state index in [1.165, 1.54) is 7.11 Å². The van der Waals surface area contributed by atoms with Crippen LogP contribution in [-0.2, 0) is 14.3 Å². The average Bonchev–Trinajstić information content (AvgIpc) is 1.95. The molecule has 0 aromatic rings. The predicted molar refractivity (Wildman–Crippen MR) is 38.0 cm³/mol. The minimum atomic E-state index is -0.559. The number of nitrogens with one attached hydrogen (secondary N) is 1. The minimum Gasteiger partial charge on any atom is -0.469 e. The Balaban J connectivity index is 2.59. The van der Waals surface area contributed by atoms with Gasteiger partial charge in [0.25, 0.3) is 0 Å². The van der Waals surface area contributed by atoms with Gasteiger partial charge in [0, 0.05) is 19.5 Å². The zero-order chi connectivity index (χ0) is 8.32. The molecule has 0 saturated carbocycles. The lowest BCUT2D eigenvalue weighted by atomic mass is 9.79. The summed E-state index contributed by atoms with van der Waals surface area (Å²) in [5, 5.41) is 2.94. The molecule has 4 heteroatoms. The quantitative estimate of drug-likeness (QED) is 0.436. The molecule has 1 aliphatic rings. The van der Waals surface area contributed by atoms with Gasteiger partial charge in [-0.15, -0.1) is 0 Å². The van der Waals surface area contributed by atoms with Crippen molar-refractivity contribution in [3.8, 4) is 0 Å². The van der Waals surface area contributed by atoms with E-state index in [9.17, 15) is 9.59 Å². The van der Waals surface area contributed by atoms with Crippen molar-refractivity contribution in [1.29, 1.82) is 0 Å². The summed E-state index contributed by atoms with van der Waals surface area (Å²) in [4.78, 5) is 21.3. The maximum Gasteiger partial charge on any atom is 0.314 e. The maximum atomic E-state index is 11.1. The molecule has 1 N–H and O–H groups in total. The van der Waals surface area contributed by atoms with E-state index in [2.05, 4.69) is 10.1 Å². The van der Waals surface area contributed by atoms with E-state index in [0.29, 0.717) is 13.1 Å². The van der Waals surface area contributed by atoms with Gasteiger partial charge in [0.2, 0.25) is 0 Å². The summed E-state index contributed by atoms with van der Waals surface area (Å²) < 4.78 is 4.57. The van der Waals surface area contributed by atoms with Crippen molar-refractivity contribution in [2.75, 3.05) is 20.2 Å². The van der Waals surface area contributed by atoms with Crippen LogP contribution in [0.2, 0.25) is 0 Å². The molecular weight excluding hydrogens is 146 g/mol. The van der Waals surface area contributed by atoms with Gasteiger partial charge in [-0.2, -0.15) is 0 Å². The summed E-state index contributed by atoms with van der Waals surface area (Å²) >= 11 is 0. The standard InChI is InChI=1S/C7H11NO3/c1-11-6(10)7(2-3-9)4-8-5-7/h3,8H,2,4-5H2,1H3. The van der Waals surface area contributed by atoms with Crippen molar-refractivity contribution in [3.63, 3.8) is 0 Å². The molecule has 1 fully saturated rings. The van der Waals surface area contributed by atoms with E-state index in [-0.39, 0.29) is 12.4 Å². The van der Waals surface area contributed by atoms with Crippen LogP contribution in [0, 0.1) is 5.41 Å². The maximum absolute atomic E-state index is 11.1. The highest BCUT2D eigenvalue weighted by molar-refractivity contribution is 5.81. The summed E-state index contributed by atoms with van der Waals surface area (Å²) in [6.45, 7) is 1.11. The molecule has 0 aromatic heterocycles. The fourth-order valence-corrected chi connectivity index (χ4v) is 1.17. The predicted octanol–water partition coefficient (Wildman–Crippen LogP) is -0.662. The molecule has 1 rings (SSSR count). The third-order valence-corrected chi connectivity index (χ3v) is 2.02. The van der Waals surface area contributed by atoms with Crippen LogP contribution in [0.3, 0.4) is 0 Å². The fraction of sp³-hybridized carbons (Fsp3) is 0.714. The number of carbonyl (C=O) groups is 2. The summed E-state index contributed by atoms with van der Waals surface area (Å²) in [7, 11) is 1.34. The van der Waals surface area contributed by atoms with Crippen molar-refractivity contribution in [2.24, 2.45) is 5.41 Å². The molecule has 1 saturated heterocycles. The largest absolute Gasteiger partial charge is 0.469 e. The first-order valence-electron chi connectivity index (χ1n) is 3.48. The van der Waals surface area contributed by atoms with Crippen LogP contribution in [0.25, 0.3) is 0 Å². The number of carbonyl (C=O) groups excluding carboxylic acids is 2. The van der Waals surface area contributed by atoms with Gasteiger partial charge in [-0.25, -0.2) is 0 Å². The molecule has 0 bridgehead atoms. The molecule has 0 atom stereocenters. The van der Waals surface area contributed by atoms with Gasteiger partial charge in [0.15, 0.2) is 0 Å². The fourth-order valence-electron chi connectivity index (χ4n) is 1.17. The van der Waals surface area contributed by atoms with Crippen LogP contribution in [-0.4, -0.2) is 32.5 Å². The zero-order valence-corrected chi connectivity index (χ0v) is 6.42. The zero-order valence-electron chi connectivity index (χ0n) is 6.42. The van der Waals surface area contributed by atoms with Crippen LogP contribution < -0.4 is 5.32 Å². The monoisotopic (exact) mass is 157 g/mol. The van der Waals surface area contributed by atoms with E-state index in [1.807, 2.05) is 0 Å². The molecule has 1 aliphatic heterocycles. The van der Waals surface area contributed by atoms with Crippen LogP contribution >= 0.6 is 0 Å². The van der Waals surface area contributed by atoms with E-state index in [1.54, 1.807) is 0 Å². The molecule has 0 unspecified atom stereocenters. The highest BCUT2D eigenvalue weighted by Crippen LogP contribution is 2.27. The van der Waals surface area contributed by atoms with Crippen LogP contribution in [0.4, 0.5) is 0 Å². The van der Waals surface area contributed by atoms with Gasteiger partial charge >= 0.3 is 5.97 Å². The lowest BCUT2D eigenvalue weighted by molar-refractivity contribution is -0.157.